The molecule has 1 aliphatic heterocycles. The largest absolute Gasteiger partial charge is 0.455 e. The van der Waals surface area contributed by atoms with Gasteiger partial charge in [-0.15, -0.1) is 0 Å². The molecule has 16 heteroatoms. The van der Waals surface area contributed by atoms with Gasteiger partial charge >= 0.3 is 24.0 Å². The van der Waals surface area contributed by atoms with Gasteiger partial charge in [-0.1, -0.05) is 106 Å². The number of benzene rings is 2. The van der Waals surface area contributed by atoms with Gasteiger partial charge in [0, 0.05) is 69.2 Å². The molecule has 1 unspecified atom stereocenters. The average molecular weight is 987 g/mol. The number of nitrogens with zero attached hydrogens (tertiary/aromatic N) is 2. The van der Waals surface area contributed by atoms with E-state index in [1.165, 1.54) is 24.8 Å². The maximum atomic E-state index is 15.7. The van der Waals surface area contributed by atoms with Gasteiger partial charge in [0.05, 0.1) is 29.6 Å². The SMILES string of the molecule is CCCCN(CCSSc1ccccn1)C(=O)O[C@@H](C(=O)OC1C[C@@]2(O)[C@@H](OC(=O)c3ccccc3)[C@@H]3[C@]4(OC(C)=O)CO[C@@H]4C[C@H](OC)[C@@]3(C)C(=O)[C@H](C)C(=C1C)C2(C)C)[C@@H](C)c1ccccc1. The highest BCUT2D eigenvalue weighted by Gasteiger charge is 2.78. The summed E-state index contributed by atoms with van der Waals surface area (Å²) in [5.41, 5.74) is -4.54. The summed E-state index contributed by atoms with van der Waals surface area (Å²) in [5, 5.41) is 14.8. The van der Waals surface area contributed by atoms with Gasteiger partial charge in [-0.3, -0.25) is 9.59 Å². The molecule has 1 N–H and O–H groups in total. The molecule has 0 spiro atoms. The molecule has 1 saturated heterocycles. The van der Waals surface area contributed by atoms with Crippen molar-refractivity contribution < 1.29 is 57.5 Å². The van der Waals surface area contributed by atoms with Gasteiger partial charge in [-0.2, -0.15) is 0 Å². The first-order chi connectivity index (χ1) is 32.8. The Hall–Kier alpha value is -4.74. The zero-order chi connectivity index (χ0) is 49.9. The number of fused-ring (bicyclic) bond motifs is 5. The first kappa shape index (κ1) is 52.1. The molecule has 3 fully saturated rings. The van der Waals surface area contributed by atoms with Gasteiger partial charge in [-0.05, 0) is 72.0 Å². The number of Topliss-reactive ketones (excluding diaryl/α,β-unsaturated/α-hetero) is 1. The summed E-state index contributed by atoms with van der Waals surface area (Å²) in [7, 11) is 4.56. The number of carbonyl (C=O) groups is 5. The molecule has 11 atom stereocenters. The van der Waals surface area contributed by atoms with Crippen LogP contribution in [0.4, 0.5) is 4.79 Å². The summed E-state index contributed by atoms with van der Waals surface area (Å²) in [6, 6.07) is 23.2. The fourth-order valence-corrected chi connectivity index (χ4v) is 13.4. The summed E-state index contributed by atoms with van der Waals surface area (Å²) in [4.78, 5) is 78.6. The van der Waals surface area contributed by atoms with Crippen molar-refractivity contribution in [1.29, 1.82) is 0 Å². The Balaban J connectivity index is 1.29. The lowest BCUT2D eigenvalue weighted by Gasteiger charge is -2.68. The number of methoxy groups -OCH3 is 1. The second kappa shape index (κ2) is 21.3. The number of aromatic nitrogens is 1. The van der Waals surface area contributed by atoms with Crippen molar-refractivity contribution in [1.82, 2.24) is 9.88 Å². The van der Waals surface area contributed by atoms with Crippen molar-refractivity contribution in [3.8, 4) is 0 Å². The Bertz CT molecular complexity index is 2370. The number of amides is 1. The topological polar surface area (TPSA) is 177 Å². The summed E-state index contributed by atoms with van der Waals surface area (Å²) >= 11 is 0. The number of rotatable bonds is 17. The van der Waals surface area contributed by atoms with Crippen LogP contribution in [0.15, 0.2) is 101 Å². The van der Waals surface area contributed by atoms with Crippen LogP contribution in [0, 0.1) is 22.7 Å². The molecule has 2 saturated carbocycles. The highest BCUT2D eigenvalue weighted by molar-refractivity contribution is 8.76. The molecule has 69 heavy (non-hydrogen) atoms. The van der Waals surface area contributed by atoms with E-state index in [1.807, 2.05) is 55.5 Å². The van der Waals surface area contributed by atoms with Crippen molar-refractivity contribution in [2.24, 2.45) is 22.7 Å². The maximum absolute atomic E-state index is 15.7. The fourth-order valence-electron chi connectivity index (χ4n) is 11.6. The van der Waals surface area contributed by atoms with Gasteiger partial charge in [0.25, 0.3) is 0 Å². The molecule has 2 bridgehead atoms. The number of hydrogen-bond donors (Lipinski definition) is 1. The van der Waals surface area contributed by atoms with Crippen LogP contribution in [-0.4, -0.2) is 119 Å². The van der Waals surface area contributed by atoms with Crippen LogP contribution in [0.5, 0.6) is 0 Å². The molecule has 2 aromatic carbocycles. The average Bonchev–Trinajstić information content (AvgIpc) is 3.33. The van der Waals surface area contributed by atoms with E-state index in [-0.39, 0.29) is 30.8 Å². The monoisotopic (exact) mass is 986 g/mol. The third-order valence-corrected chi connectivity index (χ3v) is 17.5. The Morgan fingerprint density at radius 2 is 1.65 bits per heavy atom. The van der Waals surface area contributed by atoms with Gasteiger partial charge in [0.2, 0.25) is 6.10 Å². The lowest BCUT2D eigenvalue weighted by molar-refractivity contribution is -0.346. The minimum absolute atomic E-state index is 0.132. The van der Waals surface area contributed by atoms with Crippen LogP contribution in [0.2, 0.25) is 0 Å². The predicted octanol–water partition coefficient (Wildman–Crippen LogP) is 8.81. The van der Waals surface area contributed by atoms with Crippen molar-refractivity contribution in [3.05, 3.63) is 107 Å². The molecule has 7 rings (SSSR count). The normalized spacial score (nSPS) is 29.9. The highest BCUT2D eigenvalue weighted by Crippen LogP contribution is 2.65. The lowest BCUT2D eigenvalue weighted by Crippen LogP contribution is -2.81. The zero-order valence-corrected chi connectivity index (χ0v) is 42.6. The van der Waals surface area contributed by atoms with Crippen LogP contribution >= 0.6 is 21.6 Å². The fraction of sp³-hybridized carbons (Fsp3) is 0.547. The van der Waals surface area contributed by atoms with E-state index in [1.54, 1.807) is 93.8 Å². The maximum Gasteiger partial charge on any atom is 0.410 e. The summed E-state index contributed by atoms with van der Waals surface area (Å²) in [6.07, 6.45) is -3.34. The standard InChI is InChI=1S/C53H66N2O12S2/c1-10-11-26-55(27-28-68-69-41-24-18-19-25-54-41)49(60)65-43(32(2)36-20-14-12-15-21-36)48(59)64-38-30-53(61)46(66-47(58)37-22-16-13-17-23-37)44-51(8,45(57)34(4)42(33(38)3)50(53,6)7)39(62-9)29-40-52(44,31-63-40)67-35(5)56/h12-25,32,34,38-40,43-44,46,61H,10-11,26-31H2,1-9H3/t32-,34+,38?,39-,40+,43+,44-,46-,51+,52-,53+/m0/s1. The van der Waals surface area contributed by atoms with Crippen molar-refractivity contribution in [2.45, 2.75) is 134 Å². The Morgan fingerprint density at radius 1 is 0.971 bits per heavy atom. The number of ketones is 1. The van der Waals surface area contributed by atoms with Gasteiger partial charge in [-0.25, -0.2) is 19.4 Å². The smallest absolute Gasteiger partial charge is 0.410 e. The predicted molar refractivity (Wildman–Crippen MR) is 261 cm³/mol. The summed E-state index contributed by atoms with van der Waals surface area (Å²) < 4.78 is 37.9. The van der Waals surface area contributed by atoms with E-state index in [0.717, 1.165) is 17.0 Å². The quantitative estimate of drug-likeness (QED) is 0.0446. The lowest BCUT2D eigenvalue weighted by atomic mass is 9.43. The minimum Gasteiger partial charge on any atom is -0.455 e. The van der Waals surface area contributed by atoms with Gasteiger partial charge < -0.3 is 38.4 Å². The van der Waals surface area contributed by atoms with E-state index in [2.05, 4.69) is 4.98 Å². The highest BCUT2D eigenvalue weighted by atomic mass is 33.1. The van der Waals surface area contributed by atoms with Crippen LogP contribution in [0.3, 0.4) is 0 Å². The molecule has 2 heterocycles. The number of ether oxygens (including phenoxy) is 6. The minimum atomic E-state index is -2.11. The molecule has 14 nitrogen and oxygen atoms in total. The van der Waals surface area contributed by atoms with E-state index in [9.17, 15) is 19.5 Å². The number of esters is 3. The van der Waals surface area contributed by atoms with Gasteiger partial charge in [0.15, 0.2) is 5.60 Å². The third-order valence-electron chi connectivity index (χ3n) is 15.2. The molecule has 1 aromatic heterocycles. The van der Waals surface area contributed by atoms with Crippen molar-refractivity contribution >= 4 is 51.4 Å². The molecular formula is C53H66N2O12S2. The van der Waals surface area contributed by atoms with E-state index in [4.69, 9.17) is 28.4 Å². The van der Waals surface area contributed by atoms with E-state index in [0.29, 0.717) is 36.4 Å². The summed E-state index contributed by atoms with van der Waals surface area (Å²) in [6.45, 7) is 14.6. The second-order valence-electron chi connectivity index (χ2n) is 19.5. The molecule has 372 valence electrons. The number of aliphatic hydroxyl groups is 1. The molecule has 4 aliphatic rings. The molecule has 0 radical (unpaired) electrons. The Kier molecular flexibility index (Phi) is 16.1. The van der Waals surface area contributed by atoms with Crippen molar-refractivity contribution in [2.75, 3.05) is 32.6 Å². The second-order valence-corrected chi connectivity index (χ2v) is 22.0. The van der Waals surface area contributed by atoms with Crippen LogP contribution < -0.4 is 0 Å². The Morgan fingerprint density at radius 3 is 2.26 bits per heavy atom. The van der Waals surface area contributed by atoms with Crippen molar-refractivity contribution in [3.63, 3.8) is 0 Å². The number of hydrogen-bond acceptors (Lipinski definition) is 15. The Labute approximate surface area is 413 Å². The molecular weight excluding hydrogens is 921 g/mol. The molecule has 3 aromatic rings. The summed E-state index contributed by atoms with van der Waals surface area (Å²) in [5.74, 6) is -4.81. The number of pyridine rings is 1. The van der Waals surface area contributed by atoms with E-state index >= 15 is 9.59 Å². The number of carbonyl (C=O) groups excluding carboxylic acids is 5. The zero-order valence-electron chi connectivity index (χ0n) is 41.0. The van der Waals surface area contributed by atoms with E-state index < -0.39 is 94.3 Å². The third kappa shape index (κ3) is 9.85. The van der Waals surface area contributed by atoms with Crippen LogP contribution in [0.1, 0.15) is 103 Å². The van der Waals surface area contributed by atoms with Gasteiger partial charge in [0.1, 0.15) is 34.7 Å². The molecule has 3 aliphatic carbocycles. The first-order valence-corrected chi connectivity index (χ1v) is 26.2. The van der Waals surface area contributed by atoms with Crippen LogP contribution in [0.25, 0.3) is 0 Å². The van der Waals surface area contributed by atoms with Crippen LogP contribution in [-0.2, 0) is 42.8 Å². The first-order valence-electron chi connectivity index (χ1n) is 23.8. The molecule has 1 amide bonds. The number of unbranched alkanes of at least 4 members (excludes halogenated alkanes) is 1.